The molecule has 0 aliphatic rings. The summed E-state index contributed by atoms with van der Waals surface area (Å²) in [5, 5.41) is 12.5. The van der Waals surface area contributed by atoms with Crippen LogP contribution in [0.15, 0.2) is 66.7 Å². The van der Waals surface area contributed by atoms with Gasteiger partial charge in [0.25, 0.3) is 0 Å². The van der Waals surface area contributed by atoms with Gasteiger partial charge in [-0.3, -0.25) is 4.79 Å². The third kappa shape index (κ3) is 3.78. The lowest BCUT2D eigenvalue weighted by molar-refractivity contribution is -0.116. The fourth-order valence-corrected chi connectivity index (χ4v) is 3.64. The first-order valence-electron chi connectivity index (χ1n) is 7.80. The molecule has 0 fully saturated rings. The van der Waals surface area contributed by atoms with E-state index in [0.29, 0.717) is 5.00 Å². The number of thiophene rings is 1. The maximum absolute atomic E-state index is 13.0. The lowest BCUT2D eigenvalue weighted by Crippen LogP contribution is -2.22. The predicted octanol–water partition coefficient (Wildman–Crippen LogP) is 4.53. The second-order valence-electron chi connectivity index (χ2n) is 5.65. The van der Waals surface area contributed by atoms with E-state index in [0.717, 1.165) is 16.0 Å². The van der Waals surface area contributed by atoms with Crippen molar-refractivity contribution in [1.29, 1.82) is 0 Å². The molecule has 2 aromatic carbocycles. The van der Waals surface area contributed by atoms with Crippen LogP contribution in [0.1, 0.15) is 32.3 Å². The Balaban J connectivity index is 1.97. The molecule has 1 aromatic heterocycles. The van der Waals surface area contributed by atoms with Crippen LogP contribution in [-0.2, 0) is 4.79 Å². The predicted molar refractivity (Wildman–Crippen MR) is 99.4 cm³/mol. The molecule has 0 spiro atoms. The van der Waals surface area contributed by atoms with Crippen LogP contribution in [0.3, 0.4) is 0 Å². The van der Waals surface area contributed by atoms with Crippen molar-refractivity contribution in [3.63, 3.8) is 0 Å². The van der Waals surface area contributed by atoms with Gasteiger partial charge in [0, 0.05) is 4.88 Å². The van der Waals surface area contributed by atoms with Crippen LogP contribution in [0.2, 0.25) is 0 Å². The van der Waals surface area contributed by atoms with E-state index >= 15 is 0 Å². The zero-order chi connectivity index (χ0) is 17.8. The van der Waals surface area contributed by atoms with Crippen molar-refractivity contribution < 1.29 is 14.7 Å². The number of carbonyl (C=O) groups is 2. The molecule has 0 unspecified atom stereocenters. The fourth-order valence-electron chi connectivity index (χ4n) is 2.74. The van der Waals surface area contributed by atoms with Gasteiger partial charge in [0.2, 0.25) is 5.91 Å². The van der Waals surface area contributed by atoms with Gasteiger partial charge in [-0.05, 0) is 24.1 Å². The number of carboxylic acids is 1. The van der Waals surface area contributed by atoms with Crippen molar-refractivity contribution in [3.05, 3.63) is 88.3 Å². The average Bonchev–Trinajstić information content (AvgIpc) is 2.97. The van der Waals surface area contributed by atoms with Crippen LogP contribution in [0.4, 0.5) is 5.00 Å². The number of rotatable bonds is 5. The monoisotopic (exact) mass is 351 g/mol. The first kappa shape index (κ1) is 16.9. The summed E-state index contributed by atoms with van der Waals surface area (Å²) in [7, 11) is 0. The van der Waals surface area contributed by atoms with Crippen molar-refractivity contribution in [1.82, 2.24) is 0 Å². The number of hydrogen-bond acceptors (Lipinski definition) is 3. The van der Waals surface area contributed by atoms with Crippen LogP contribution in [-0.4, -0.2) is 17.0 Å². The average molecular weight is 351 g/mol. The molecule has 0 aliphatic carbocycles. The minimum atomic E-state index is -1.05. The molecule has 0 aliphatic heterocycles. The highest BCUT2D eigenvalue weighted by Gasteiger charge is 2.25. The van der Waals surface area contributed by atoms with Crippen LogP contribution in [0, 0.1) is 6.92 Å². The molecule has 0 bridgehead atoms. The van der Waals surface area contributed by atoms with Crippen molar-refractivity contribution in [2.45, 2.75) is 12.8 Å². The molecule has 0 saturated carbocycles. The second-order valence-corrected chi connectivity index (χ2v) is 6.90. The molecule has 25 heavy (non-hydrogen) atoms. The number of carboxylic acid groups (broad SMARTS) is 1. The van der Waals surface area contributed by atoms with Crippen LogP contribution < -0.4 is 5.32 Å². The zero-order valence-electron chi connectivity index (χ0n) is 13.6. The Hall–Kier alpha value is -2.92. The summed E-state index contributed by atoms with van der Waals surface area (Å²) < 4.78 is 0. The fraction of sp³-hybridized carbons (Fsp3) is 0.100. The SMILES string of the molecule is Cc1cc(C(=O)O)c(NC(=O)C(c2ccccc2)c2ccccc2)s1. The number of aromatic carboxylic acids is 1. The van der Waals surface area contributed by atoms with Gasteiger partial charge < -0.3 is 10.4 Å². The lowest BCUT2D eigenvalue weighted by atomic mass is 9.90. The number of carbonyl (C=O) groups excluding carboxylic acids is 1. The number of anilines is 1. The van der Waals surface area contributed by atoms with E-state index in [2.05, 4.69) is 5.32 Å². The van der Waals surface area contributed by atoms with E-state index in [1.807, 2.05) is 67.6 Å². The van der Waals surface area contributed by atoms with Gasteiger partial charge in [-0.1, -0.05) is 60.7 Å². The van der Waals surface area contributed by atoms with Gasteiger partial charge in [-0.15, -0.1) is 11.3 Å². The number of amides is 1. The molecular weight excluding hydrogens is 334 g/mol. The van der Waals surface area contributed by atoms with E-state index in [9.17, 15) is 14.7 Å². The first-order chi connectivity index (χ1) is 12.1. The number of hydrogen-bond donors (Lipinski definition) is 2. The Kier molecular flexibility index (Phi) is 4.95. The molecular formula is C20H17NO3S. The Morgan fingerprint density at radius 2 is 1.48 bits per heavy atom. The Morgan fingerprint density at radius 3 is 1.96 bits per heavy atom. The molecule has 0 atom stereocenters. The number of benzene rings is 2. The molecule has 0 radical (unpaired) electrons. The second kappa shape index (κ2) is 7.32. The van der Waals surface area contributed by atoms with Gasteiger partial charge in [-0.25, -0.2) is 4.79 Å². The van der Waals surface area contributed by atoms with E-state index in [1.54, 1.807) is 6.07 Å². The van der Waals surface area contributed by atoms with Crippen LogP contribution in [0.25, 0.3) is 0 Å². The standard InChI is InChI=1S/C20H17NO3S/c1-13-12-16(20(23)24)19(25-13)21-18(22)17(14-8-4-2-5-9-14)15-10-6-3-7-11-15/h2-12,17H,1H3,(H,21,22)(H,23,24). The van der Waals surface area contributed by atoms with Crippen molar-refractivity contribution in [2.24, 2.45) is 0 Å². The van der Waals surface area contributed by atoms with Crippen molar-refractivity contribution in [3.8, 4) is 0 Å². The topological polar surface area (TPSA) is 66.4 Å². The Morgan fingerprint density at radius 1 is 0.960 bits per heavy atom. The van der Waals surface area contributed by atoms with Crippen molar-refractivity contribution in [2.75, 3.05) is 5.32 Å². The minimum absolute atomic E-state index is 0.121. The third-order valence-corrected chi connectivity index (χ3v) is 4.82. The van der Waals surface area contributed by atoms with Gasteiger partial charge >= 0.3 is 5.97 Å². The summed E-state index contributed by atoms with van der Waals surface area (Å²) in [6.45, 7) is 1.82. The molecule has 2 N–H and O–H groups in total. The van der Waals surface area contributed by atoms with E-state index in [1.165, 1.54) is 11.3 Å². The molecule has 126 valence electrons. The zero-order valence-corrected chi connectivity index (χ0v) is 14.4. The van der Waals surface area contributed by atoms with Gasteiger partial charge in [0.1, 0.15) is 5.00 Å². The Bertz CT molecular complexity index is 848. The van der Waals surface area contributed by atoms with E-state index in [-0.39, 0.29) is 11.5 Å². The molecule has 1 amide bonds. The lowest BCUT2D eigenvalue weighted by Gasteiger charge is -2.17. The van der Waals surface area contributed by atoms with Crippen molar-refractivity contribution >= 4 is 28.2 Å². The summed E-state index contributed by atoms with van der Waals surface area (Å²) in [5.74, 6) is -1.80. The molecule has 4 nitrogen and oxygen atoms in total. The quantitative estimate of drug-likeness (QED) is 0.710. The first-order valence-corrected chi connectivity index (χ1v) is 8.62. The molecule has 0 saturated heterocycles. The number of aryl methyl sites for hydroxylation is 1. The third-order valence-electron chi connectivity index (χ3n) is 3.85. The smallest absolute Gasteiger partial charge is 0.338 e. The highest BCUT2D eigenvalue weighted by atomic mass is 32.1. The van der Waals surface area contributed by atoms with Crippen LogP contribution in [0.5, 0.6) is 0 Å². The summed E-state index contributed by atoms with van der Waals surface area (Å²) >= 11 is 1.27. The van der Waals surface area contributed by atoms with Gasteiger partial charge in [0.05, 0.1) is 11.5 Å². The highest BCUT2D eigenvalue weighted by Crippen LogP contribution is 2.31. The van der Waals surface area contributed by atoms with Gasteiger partial charge in [-0.2, -0.15) is 0 Å². The normalized spacial score (nSPS) is 10.6. The highest BCUT2D eigenvalue weighted by molar-refractivity contribution is 7.16. The summed E-state index contributed by atoms with van der Waals surface area (Å²) in [5.41, 5.74) is 1.84. The number of nitrogens with one attached hydrogen (secondary N) is 1. The molecule has 3 rings (SSSR count). The van der Waals surface area contributed by atoms with E-state index in [4.69, 9.17) is 0 Å². The molecule has 1 heterocycles. The molecule has 3 aromatic rings. The van der Waals surface area contributed by atoms with Gasteiger partial charge in [0.15, 0.2) is 0 Å². The summed E-state index contributed by atoms with van der Waals surface area (Å²) in [6, 6.07) is 20.5. The maximum atomic E-state index is 13.0. The summed E-state index contributed by atoms with van der Waals surface area (Å²) in [6.07, 6.45) is 0. The summed E-state index contributed by atoms with van der Waals surface area (Å²) in [4.78, 5) is 25.2. The largest absolute Gasteiger partial charge is 0.478 e. The minimum Gasteiger partial charge on any atom is -0.478 e. The van der Waals surface area contributed by atoms with E-state index < -0.39 is 11.9 Å². The van der Waals surface area contributed by atoms with Crippen LogP contribution >= 0.6 is 11.3 Å². The maximum Gasteiger partial charge on any atom is 0.338 e. The Labute approximate surface area is 149 Å². The molecule has 5 heteroatoms.